The molecule has 0 spiro atoms. The molecular formula is C16H25NO. The maximum absolute atomic E-state index is 5.90. The molecule has 2 atom stereocenters. The lowest BCUT2D eigenvalue weighted by atomic mass is 9.95. The van der Waals surface area contributed by atoms with E-state index in [9.17, 15) is 0 Å². The van der Waals surface area contributed by atoms with Crippen molar-refractivity contribution in [2.45, 2.75) is 51.7 Å². The van der Waals surface area contributed by atoms with Crippen LogP contribution in [0.15, 0.2) is 24.3 Å². The Morgan fingerprint density at radius 3 is 2.61 bits per heavy atom. The van der Waals surface area contributed by atoms with E-state index in [1.807, 2.05) is 0 Å². The summed E-state index contributed by atoms with van der Waals surface area (Å²) in [6, 6.07) is 9.54. The highest BCUT2D eigenvalue weighted by Crippen LogP contribution is 2.29. The lowest BCUT2D eigenvalue weighted by Gasteiger charge is -2.30. The Balaban J connectivity index is 2.02. The van der Waals surface area contributed by atoms with Crippen LogP contribution in [0.5, 0.6) is 0 Å². The van der Waals surface area contributed by atoms with Crippen LogP contribution in [0.3, 0.4) is 0 Å². The fourth-order valence-corrected chi connectivity index (χ4v) is 2.60. The van der Waals surface area contributed by atoms with Gasteiger partial charge in [0.25, 0.3) is 0 Å². The van der Waals surface area contributed by atoms with Crippen LogP contribution in [-0.4, -0.2) is 19.2 Å². The summed E-state index contributed by atoms with van der Waals surface area (Å²) < 4.78 is 5.90. The zero-order chi connectivity index (χ0) is 13.0. The smallest absolute Gasteiger partial charge is 0.0839 e. The van der Waals surface area contributed by atoms with Crippen molar-refractivity contribution in [3.05, 3.63) is 35.4 Å². The van der Waals surface area contributed by atoms with Crippen molar-refractivity contribution < 1.29 is 4.74 Å². The quantitative estimate of drug-likeness (QED) is 0.877. The van der Waals surface area contributed by atoms with Gasteiger partial charge in [-0.2, -0.15) is 0 Å². The molecule has 1 fully saturated rings. The molecule has 0 amide bonds. The Morgan fingerprint density at radius 1 is 1.28 bits per heavy atom. The Hall–Kier alpha value is -0.860. The molecule has 1 heterocycles. The molecule has 1 N–H and O–H groups in total. The van der Waals surface area contributed by atoms with Gasteiger partial charge in [0.2, 0.25) is 0 Å². The normalized spacial score (nSPS) is 24.4. The minimum absolute atomic E-state index is 0.268. The van der Waals surface area contributed by atoms with Crippen molar-refractivity contribution in [1.29, 1.82) is 0 Å². The summed E-state index contributed by atoms with van der Waals surface area (Å²) in [6.07, 6.45) is 2.49. The SMILES string of the molecule is CCNC1CCOC(c2ccc(C(C)C)cc2)C1. The molecule has 2 nitrogen and oxygen atoms in total. The maximum Gasteiger partial charge on any atom is 0.0839 e. The van der Waals surface area contributed by atoms with Crippen molar-refractivity contribution in [3.8, 4) is 0 Å². The van der Waals surface area contributed by atoms with Crippen LogP contribution in [-0.2, 0) is 4.74 Å². The second-order valence-corrected chi connectivity index (χ2v) is 5.46. The van der Waals surface area contributed by atoms with Crippen molar-refractivity contribution in [1.82, 2.24) is 5.32 Å². The van der Waals surface area contributed by atoms with Gasteiger partial charge in [0.1, 0.15) is 0 Å². The maximum atomic E-state index is 5.90. The summed E-state index contributed by atoms with van der Waals surface area (Å²) >= 11 is 0. The largest absolute Gasteiger partial charge is 0.373 e. The van der Waals surface area contributed by atoms with E-state index in [4.69, 9.17) is 4.74 Å². The zero-order valence-electron chi connectivity index (χ0n) is 11.8. The standard InChI is InChI=1S/C16H25NO/c1-4-17-15-9-10-18-16(11-15)14-7-5-13(6-8-14)12(2)3/h5-8,12,15-17H,4,9-11H2,1-3H3. The van der Waals surface area contributed by atoms with Crippen molar-refractivity contribution in [2.24, 2.45) is 0 Å². The monoisotopic (exact) mass is 247 g/mol. The highest BCUT2D eigenvalue weighted by Gasteiger charge is 2.23. The Morgan fingerprint density at radius 2 is 2.00 bits per heavy atom. The molecule has 2 heteroatoms. The first kappa shape index (κ1) is 13.6. The van der Waals surface area contributed by atoms with Gasteiger partial charge in [-0.25, -0.2) is 0 Å². The van der Waals surface area contributed by atoms with E-state index in [1.54, 1.807) is 0 Å². The van der Waals surface area contributed by atoms with Crippen molar-refractivity contribution in [3.63, 3.8) is 0 Å². The fourth-order valence-electron chi connectivity index (χ4n) is 2.60. The average molecular weight is 247 g/mol. The van der Waals surface area contributed by atoms with E-state index in [0.29, 0.717) is 12.0 Å². The minimum atomic E-state index is 0.268. The number of benzene rings is 1. The lowest BCUT2D eigenvalue weighted by Crippen LogP contribution is -2.35. The van der Waals surface area contributed by atoms with Crippen LogP contribution in [0.1, 0.15) is 56.8 Å². The van der Waals surface area contributed by atoms with Crippen LogP contribution in [0, 0.1) is 0 Å². The molecule has 0 bridgehead atoms. The molecule has 100 valence electrons. The number of nitrogens with one attached hydrogen (secondary N) is 1. The Labute approximate surface area is 111 Å². The molecule has 18 heavy (non-hydrogen) atoms. The van der Waals surface area contributed by atoms with E-state index in [0.717, 1.165) is 26.0 Å². The number of rotatable bonds is 4. The van der Waals surface area contributed by atoms with Gasteiger partial charge in [-0.05, 0) is 36.4 Å². The van der Waals surface area contributed by atoms with Crippen LogP contribution >= 0.6 is 0 Å². The predicted octanol–water partition coefficient (Wildman–Crippen LogP) is 3.64. The van der Waals surface area contributed by atoms with Crippen LogP contribution in [0.25, 0.3) is 0 Å². The van der Waals surface area contributed by atoms with Gasteiger partial charge in [0.05, 0.1) is 6.10 Å². The summed E-state index contributed by atoms with van der Waals surface area (Å²) in [6.45, 7) is 8.54. The highest BCUT2D eigenvalue weighted by molar-refractivity contribution is 5.26. The number of hydrogen-bond donors (Lipinski definition) is 1. The molecule has 1 aromatic carbocycles. The van der Waals surface area contributed by atoms with Gasteiger partial charge in [0, 0.05) is 12.6 Å². The van der Waals surface area contributed by atoms with Crippen molar-refractivity contribution in [2.75, 3.05) is 13.2 Å². The van der Waals surface area contributed by atoms with Crippen LogP contribution in [0.4, 0.5) is 0 Å². The van der Waals surface area contributed by atoms with Gasteiger partial charge in [0.15, 0.2) is 0 Å². The number of ether oxygens (including phenoxy) is 1. The second-order valence-electron chi connectivity index (χ2n) is 5.46. The van der Waals surface area contributed by atoms with E-state index < -0.39 is 0 Å². The molecule has 1 aliphatic heterocycles. The molecule has 0 radical (unpaired) electrons. The van der Waals surface area contributed by atoms with E-state index in [2.05, 4.69) is 50.4 Å². The molecule has 1 aromatic rings. The van der Waals surface area contributed by atoms with Gasteiger partial charge >= 0.3 is 0 Å². The van der Waals surface area contributed by atoms with E-state index in [-0.39, 0.29) is 6.10 Å². The molecule has 2 rings (SSSR count). The Kier molecular flexibility index (Phi) is 4.79. The van der Waals surface area contributed by atoms with Crippen molar-refractivity contribution >= 4 is 0 Å². The lowest BCUT2D eigenvalue weighted by molar-refractivity contribution is 0.000586. The van der Waals surface area contributed by atoms with Gasteiger partial charge in [-0.3, -0.25) is 0 Å². The molecule has 0 aromatic heterocycles. The third-order valence-electron chi connectivity index (χ3n) is 3.75. The molecular weight excluding hydrogens is 222 g/mol. The summed E-state index contributed by atoms with van der Waals surface area (Å²) in [5.41, 5.74) is 2.72. The third kappa shape index (κ3) is 3.33. The summed E-state index contributed by atoms with van der Waals surface area (Å²) in [7, 11) is 0. The molecule has 0 saturated carbocycles. The zero-order valence-corrected chi connectivity index (χ0v) is 11.8. The third-order valence-corrected chi connectivity index (χ3v) is 3.75. The summed E-state index contributed by atoms with van der Waals surface area (Å²) in [4.78, 5) is 0. The van der Waals surface area contributed by atoms with E-state index >= 15 is 0 Å². The number of hydrogen-bond acceptors (Lipinski definition) is 2. The van der Waals surface area contributed by atoms with Crippen LogP contribution in [0.2, 0.25) is 0 Å². The molecule has 1 aliphatic rings. The van der Waals surface area contributed by atoms with Gasteiger partial charge < -0.3 is 10.1 Å². The highest BCUT2D eigenvalue weighted by atomic mass is 16.5. The summed E-state index contributed by atoms with van der Waals surface area (Å²) in [5.74, 6) is 0.598. The molecule has 1 saturated heterocycles. The van der Waals surface area contributed by atoms with E-state index in [1.165, 1.54) is 11.1 Å². The average Bonchev–Trinajstić information content (AvgIpc) is 2.39. The topological polar surface area (TPSA) is 21.3 Å². The predicted molar refractivity (Wildman–Crippen MR) is 75.9 cm³/mol. The summed E-state index contributed by atoms with van der Waals surface area (Å²) in [5, 5.41) is 3.53. The minimum Gasteiger partial charge on any atom is -0.373 e. The first-order valence-electron chi connectivity index (χ1n) is 7.15. The van der Waals surface area contributed by atoms with Gasteiger partial charge in [-0.1, -0.05) is 45.0 Å². The fraction of sp³-hybridized carbons (Fsp3) is 0.625. The van der Waals surface area contributed by atoms with Gasteiger partial charge in [-0.15, -0.1) is 0 Å². The first-order chi connectivity index (χ1) is 8.70. The second kappa shape index (κ2) is 6.35. The molecule has 2 unspecified atom stereocenters. The first-order valence-corrected chi connectivity index (χ1v) is 7.15. The Bertz CT molecular complexity index is 356. The molecule has 0 aliphatic carbocycles. The van der Waals surface area contributed by atoms with Crippen LogP contribution < -0.4 is 5.32 Å².